The Labute approximate surface area is 169 Å². The second kappa shape index (κ2) is 6.76. The average molecular weight is 393 g/mol. The second-order valence-corrected chi connectivity index (χ2v) is 7.89. The van der Waals surface area contributed by atoms with Gasteiger partial charge in [-0.15, -0.1) is 0 Å². The van der Waals surface area contributed by atoms with Crippen molar-refractivity contribution in [3.05, 3.63) is 47.9 Å². The number of methoxy groups -OCH3 is 2. The first-order valence-electron chi connectivity index (χ1n) is 9.54. The molecule has 2 aromatic rings. The SMILES string of the molecule is COC(=O)[C@@]1(C)C(=O)C=C[C@@]2(C)c3nc(-c4ccncc4)nc(OC)c3CC[C@H]12. The highest BCUT2D eigenvalue weighted by molar-refractivity contribution is 6.10. The summed E-state index contributed by atoms with van der Waals surface area (Å²) in [7, 11) is 2.91. The van der Waals surface area contributed by atoms with Crippen molar-refractivity contribution in [1.82, 2.24) is 15.0 Å². The van der Waals surface area contributed by atoms with Gasteiger partial charge in [0.2, 0.25) is 5.88 Å². The Kier molecular flexibility index (Phi) is 4.48. The van der Waals surface area contributed by atoms with Crippen LogP contribution in [-0.2, 0) is 26.2 Å². The van der Waals surface area contributed by atoms with Crippen LogP contribution in [0.5, 0.6) is 5.88 Å². The number of carbonyl (C=O) groups excluding carboxylic acids is 2. The monoisotopic (exact) mass is 393 g/mol. The first kappa shape index (κ1) is 19.2. The van der Waals surface area contributed by atoms with Crippen LogP contribution in [0, 0.1) is 11.3 Å². The van der Waals surface area contributed by atoms with Crippen LogP contribution in [0.2, 0.25) is 0 Å². The summed E-state index contributed by atoms with van der Waals surface area (Å²) in [5.41, 5.74) is 0.618. The molecule has 0 radical (unpaired) electrons. The van der Waals surface area contributed by atoms with Crippen LogP contribution in [0.3, 0.4) is 0 Å². The van der Waals surface area contributed by atoms with Crippen molar-refractivity contribution in [1.29, 1.82) is 0 Å². The number of pyridine rings is 1. The fourth-order valence-electron chi connectivity index (χ4n) is 4.82. The molecule has 150 valence electrons. The van der Waals surface area contributed by atoms with Crippen LogP contribution < -0.4 is 4.74 Å². The number of nitrogens with zero attached hydrogens (tertiary/aromatic N) is 3. The average Bonchev–Trinajstić information content (AvgIpc) is 2.76. The van der Waals surface area contributed by atoms with Crippen LogP contribution in [0.1, 0.15) is 31.5 Å². The van der Waals surface area contributed by atoms with Crippen LogP contribution in [0.4, 0.5) is 0 Å². The van der Waals surface area contributed by atoms with E-state index in [4.69, 9.17) is 14.5 Å². The van der Waals surface area contributed by atoms with Gasteiger partial charge in [-0.25, -0.2) is 4.98 Å². The molecule has 7 nitrogen and oxygen atoms in total. The standard InChI is InChI=1S/C22H23N3O4/c1-21-10-7-16(26)22(2,20(27)29-4)15(21)6-5-14-17(21)24-18(25-19(14)28-3)13-8-11-23-12-9-13/h7-12,15H,5-6H2,1-4H3/t15-,21+,22+/m0/s1. The van der Waals surface area contributed by atoms with Crippen molar-refractivity contribution in [3.63, 3.8) is 0 Å². The maximum atomic E-state index is 12.8. The minimum atomic E-state index is -1.26. The third-order valence-corrected chi connectivity index (χ3v) is 6.42. The van der Waals surface area contributed by atoms with E-state index in [1.165, 1.54) is 13.2 Å². The summed E-state index contributed by atoms with van der Waals surface area (Å²) in [6, 6.07) is 3.67. The predicted molar refractivity (Wildman–Crippen MR) is 105 cm³/mol. The van der Waals surface area contributed by atoms with Gasteiger partial charge in [-0.2, -0.15) is 4.98 Å². The number of carbonyl (C=O) groups is 2. The molecule has 0 unspecified atom stereocenters. The van der Waals surface area contributed by atoms with Crippen LogP contribution in [0.15, 0.2) is 36.7 Å². The fourth-order valence-corrected chi connectivity index (χ4v) is 4.82. The number of hydrogen-bond acceptors (Lipinski definition) is 7. The Hall–Kier alpha value is -3.09. The van der Waals surface area contributed by atoms with E-state index in [0.717, 1.165) is 16.8 Å². The molecule has 0 amide bonds. The van der Waals surface area contributed by atoms with Gasteiger partial charge in [0.1, 0.15) is 5.41 Å². The summed E-state index contributed by atoms with van der Waals surface area (Å²) in [5.74, 6) is 0.0198. The Morgan fingerprint density at radius 2 is 1.90 bits per heavy atom. The van der Waals surface area contributed by atoms with E-state index in [9.17, 15) is 9.59 Å². The molecule has 0 saturated heterocycles. The lowest BCUT2D eigenvalue weighted by atomic mass is 9.53. The van der Waals surface area contributed by atoms with Gasteiger partial charge in [-0.05, 0) is 43.9 Å². The highest BCUT2D eigenvalue weighted by Crippen LogP contribution is 2.54. The summed E-state index contributed by atoms with van der Waals surface area (Å²) in [4.78, 5) is 39.0. The molecule has 7 heteroatoms. The minimum absolute atomic E-state index is 0.231. The predicted octanol–water partition coefficient (Wildman–Crippen LogP) is 2.69. The van der Waals surface area contributed by atoms with Crippen molar-refractivity contribution in [2.45, 2.75) is 32.1 Å². The van der Waals surface area contributed by atoms with Crippen molar-refractivity contribution in [3.8, 4) is 17.3 Å². The number of fused-ring (bicyclic) bond motifs is 3. The number of ketones is 1. The number of esters is 1. The number of aromatic nitrogens is 3. The fraction of sp³-hybridized carbons (Fsp3) is 0.409. The quantitative estimate of drug-likeness (QED) is 0.585. The van der Waals surface area contributed by atoms with Gasteiger partial charge in [-0.1, -0.05) is 13.0 Å². The highest BCUT2D eigenvalue weighted by Gasteiger charge is 2.59. The molecule has 0 bridgehead atoms. The van der Waals surface area contributed by atoms with E-state index in [2.05, 4.69) is 9.97 Å². The number of allylic oxidation sites excluding steroid dienone is 2. The molecule has 0 fully saturated rings. The zero-order valence-electron chi connectivity index (χ0n) is 16.9. The van der Waals surface area contributed by atoms with Gasteiger partial charge in [0, 0.05) is 28.9 Å². The van der Waals surface area contributed by atoms with Crippen LogP contribution in [0.25, 0.3) is 11.4 Å². The molecule has 0 aromatic carbocycles. The molecule has 3 atom stereocenters. The third kappa shape index (κ3) is 2.68. The Morgan fingerprint density at radius 3 is 2.55 bits per heavy atom. The number of ether oxygens (including phenoxy) is 2. The Balaban J connectivity index is 1.94. The van der Waals surface area contributed by atoms with Crippen LogP contribution in [-0.4, -0.2) is 40.9 Å². The summed E-state index contributed by atoms with van der Waals surface area (Å²) in [6.07, 6.45) is 7.96. The lowest BCUT2D eigenvalue weighted by Gasteiger charge is -2.49. The molecular formula is C22H23N3O4. The van der Waals surface area contributed by atoms with E-state index in [0.29, 0.717) is 24.5 Å². The molecule has 29 heavy (non-hydrogen) atoms. The minimum Gasteiger partial charge on any atom is -0.481 e. The highest BCUT2D eigenvalue weighted by atomic mass is 16.5. The van der Waals surface area contributed by atoms with Gasteiger partial charge in [-0.3, -0.25) is 14.6 Å². The first-order chi connectivity index (χ1) is 13.9. The molecule has 2 heterocycles. The zero-order chi connectivity index (χ0) is 20.8. The summed E-state index contributed by atoms with van der Waals surface area (Å²) in [6.45, 7) is 3.70. The normalized spacial score (nSPS) is 27.7. The zero-order valence-corrected chi connectivity index (χ0v) is 16.9. The largest absolute Gasteiger partial charge is 0.481 e. The smallest absolute Gasteiger partial charge is 0.319 e. The topological polar surface area (TPSA) is 91.3 Å². The molecule has 0 aliphatic heterocycles. The molecule has 0 spiro atoms. The van der Waals surface area contributed by atoms with Crippen molar-refractivity contribution in [2.24, 2.45) is 11.3 Å². The Bertz CT molecular complexity index is 1020. The molecule has 4 rings (SSSR count). The van der Waals surface area contributed by atoms with Crippen molar-refractivity contribution in [2.75, 3.05) is 14.2 Å². The lowest BCUT2D eigenvalue weighted by molar-refractivity contribution is -0.162. The molecule has 0 N–H and O–H groups in total. The molecule has 2 aromatic heterocycles. The first-order valence-corrected chi connectivity index (χ1v) is 9.54. The van der Waals surface area contributed by atoms with E-state index in [1.807, 2.05) is 25.1 Å². The van der Waals surface area contributed by atoms with Crippen molar-refractivity contribution >= 4 is 11.8 Å². The number of rotatable bonds is 3. The van der Waals surface area contributed by atoms with E-state index < -0.39 is 16.8 Å². The van der Waals surface area contributed by atoms with Crippen LogP contribution >= 0.6 is 0 Å². The molecular weight excluding hydrogens is 370 g/mol. The third-order valence-electron chi connectivity index (χ3n) is 6.42. The van der Waals surface area contributed by atoms with Gasteiger partial charge in [0.15, 0.2) is 11.6 Å². The van der Waals surface area contributed by atoms with Crippen molar-refractivity contribution < 1.29 is 19.1 Å². The van der Waals surface area contributed by atoms with Gasteiger partial charge in [0.25, 0.3) is 0 Å². The van der Waals surface area contributed by atoms with Gasteiger partial charge < -0.3 is 9.47 Å². The van der Waals surface area contributed by atoms with Gasteiger partial charge in [0.05, 0.1) is 19.9 Å². The second-order valence-electron chi connectivity index (χ2n) is 7.89. The Morgan fingerprint density at radius 1 is 1.17 bits per heavy atom. The number of hydrogen-bond donors (Lipinski definition) is 0. The maximum absolute atomic E-state index is 12.8. The molecule has 2 aliphatic carbocycles. The maximum Gasteiger partial charge on any atom is 0.319 e. The van der Waals surface area contributed by atoms with E-state index in [1.54, 1.807) is 26.4 Å². The van der Waals surface area contributed by atoms with E-state index in [-0.39, 0.29) is 11.7 Å². The lowest BCUT2D eigenvalue weighted by Crippen LogP contribution is -2.55. The summed E-state index contributed by atoms with van der Waals surface area (Å²) < 4.78 is 10.6. The summed E-state index contributed by atoms with van der Waals surface area (Å²) in [5, 5.41) is 0. The summed E-state index contributed by atoms with van der Waals surface area (Å²) >= 11 is 0. The van der Waals surface area contributed by atoms with Gasteiger partial charge >= 0.3 is 5.97 Å². The molecule has 0 saturated carbocycles. The van der Waals surface area contributed by atoms with E-state index >= 15 is 0 Å². The molecule has 2 aliphatic rings.